The maximum atomic E-state index is 5.17. The molecule has 2 aromatic heterocycles. The zero-order chi connectivity index (χ0) is 10.8. The zero-order valence-corrected chi connectivity index (χ0v) is 10.3. The van der Waals surface area contributed by atoms with Crippen LogP contribution in [0.5, 0.6) is 0 Å². The summed E-state index contributed by atoms with van der Waals surface area (Å²) in [6.07, 6.45) is 2.88. The molecule has 0 saturated heterocycles. The van der Waals surface area contributed by atoms with Crippen molar-refractivity contribution in [1.29, 1.82) is 0 Å². The first-order valence-electron chi connectivity index (χ1n) is 4.80. The Bertz CT molecular complexity index is 508. The van der Waals surface area contributed by atoms with Crippen molar-refractivity contribution in [3.8, 4) is 10.7 Å². The monoisotopic (exact) mass is 240 g/mol. The van der Waals surface area contributed by atoms with Crippen molar-refractivity contribution in [2.75, 3.05) is 0 Å². The van der Waals surface area contributed by atoms with Gasteiger partial charge in [-0.05, 0) is 25.6 Å². The maximum Gasteiger partial charge on any atom is 0.195 e. The lowest BCUT2D eigenvalue weighted by Crippen LogP contribution is -1.98. The van der Waals surface area contributed by atoms with Gasteiger partial charge in [0, 0.05) is 12.7 Å². The van der Waals surface area contributed by atoms with E-state index in [9.17, 15) is 0 Å². The van der Waals surface area contributed by atoms with Crippen LogP contribution in [0.25, 0.3) is 10.7 Å². The van der Waals surface area contributed by atoms with Crippen LogP contribution in [0.1, 0.15) is 18.4 Å². The third kappa shape index (κ3) is 2.00. The lowest BCUT2D eigenvalue weighted by molar-refractivity contribution is 0.675. The second-order valence-corrected chi connectivity index (χ2v) is 4.87. The van der Waals surface area contributed by atoms with E-state index in [1.807, 2.05) is 17.7 Å². The molecule has 0 aromatic carbocycles. The fourth-order valence-corrected chi connectivity index (χ4v) is 2.40. The van der Waals surface area contributed by atoms with Gasteiger partial charge in [0.1, 0.15) is 0 Å². The lowest BCUT2D eigenvalue weighted by atomic mass is 10.4. The predicted octanol–water partition coefficient (Wildman–Crippen LogP) is 2.78. The molecule has 80 valence electrons. The first-order chi connectivity index (χ1) is 7.22. The van der Waals surface area contributed by atoms with E-state index in [0.29, 0.717) is 4.77 Å². The normalized spacial score (nSPS) is 10.8. The molecule has 0 radical (unpaired) electrons. The molecule has 0 unspecified atom stereocenters. The highest BCUT2D eigenvalue weighted by atomic mass is 32.1. The molecule has 6 heteroatoms. The number of hydrogen-bond donors (Lipinski definition) is 1. The number of aromatic nitrogens is 4. The Morgan fingerprint density at radius 3 is 3.00 bits per heavy atom. The Labute approximate surface area is 97.0 Å². The molecule has 0 saturated carbocycles. The van der Waals surface area contributed by atoms with E-state index >= 15 is 0 Å². The van der Waals surface area contributed by atoms with Crippen LogP contribution in [0.3, 0.4) is 0 Å². The number of hydrogen-bond acceptors (Lipinski definition) is 4. The van der Waals surface area contributed by atoms with E-state index in [0.717, 1.165) is 28.7 Å². The quantitative estimate of drug-likeness (QED) is 0.839. The molecular formula is C9H12N4S2. The average molecular weight is 240 g/mol. The molecule has 2 heterocycles. The summed E-state index contributed by atoms with van der Waals surface area (Å²) in [5.41, 5.74) is 0. The van der Waals surface area contributed by atoms with Gasteiger partial charge in [-0.25, -0.2) is 4.98 Å². The van der Waals surface area contributed by atoms with Crippen LogP contribution in [0.2, 0.25) is 0 Å². The van der Waals surface area contributed by atoms with E-state index in [2.05, 4.69) is 22.1 Å². The summed E-state index contributed by atoms with van der Waals surface area (Å²) >= 11 is 6.81. The number of aryl methyl sites for hydroxylation is 1. The van der Waals surface area contributed by atoms with Gasteiger partial charge >= 0.3 is 0 Å². The van der Waals surface area contributed by atoms with Crippen LogP contribution in [0, 0.1) is 11.7 Å². The van der Waals surface area contributed by atoms with E-state index < -0.39 is 0 Å². The summed E-state index contributed by atoms with van der Waals surface area (Å²) in [5.74, 6) is 0.896. The Kier molecular flexibility index (Phi) is 2.97. The summed E-state index contributed by atoms with van der Waals surface area (Å²) < 4.78 is 2.69. The van der Waals surface area contributed by atoms with Gasteiger partial charge in [-0.1, -0.05) is 6.92 Å². The fraction of sp³-hybridized carbons (Fsp3) is 0.444. The summed E-state index contributed by atoms with van der Waals surface area (Å²) in [4.78, 5) is 5.28. The second-order valence-electron chi connectivity index (χ2n) is 3.25. The molecule has 0 aliphatic carbocycles. The second kappa shape index (κ2) is 4.24. The van der Waals surface area contributed by atoms with Crippen LogP contribution < -0.4 is 0 Å². The minimum Gasteiger partial charge on any atom is -0.299 e. The van der Waals surface area contributed by atoms with E-state index in [1.165, 1.54) is 0 Å². The van der Waals surface area contributed by atoms with Crippen molar-refractivity contribution in [2.45, 2.75) is 26.8 Å². The summed E-state index contributed by atoms with van der Waals surface area (Å²) in [7, 11) is 0. The standard InChI is InChI=1S/C9H12N4S2/c1-3-4-13-8(11-12-9(13)14)7-5-10-6(2)15-7/h5H,3-4H2,1-2H3,(H,12,14). The highest BCUT2D eigenvalue weighted by Gasteiger charge is 2.10. The molecule has 2 rings (SSSR count). The number of thiazole rings is 1. The minimum atomic E-state index is 0.679. The summed E-state index contributed by atoms with van der Waals surface area (Å²) in [6.45, 7) is 5.00. The molecule has 0 bridgehead atoms. The number of rotatable bonds is 3. The van der Waals surface area contributed by atoms with Crippen LogP contribution in [0.15, 0.2) is 6.20 Å². The Hall–Kier alpha value is -1.01. The van der Waals surface area contributed by atoms with Gasteiger partial charge in [0.15, 0.2) is 10.6 Å². The molecule has 4 nitrogen and oxygen atoms in total. The van der Waals surface area contributed by atoms with Crippen molar-refractivity contribution in [3.05, 3.63) is 16.0 Å². The van der Waals surface area contributed by atoms with Crippen LogP contribution in [-0.4, -0.2) is 19.7 Å². The first kappa shape index (κ1) is 10.5. The van der Waals surface area contributed by atoms with Crippen molar-refractivity contribution in [1.82, 2.24) is 19.7 Å². The maximum absolute atomic E-state index is 5.17. The SMILES string of the molecule is CCCn1c(-c2cnc(C)s2)n[nH]c1=S. The van der Waals surface area contributed by atoms with Gasteiger partial charge in [-0.3, -0.25) is 9.67 Å². The lowest BCUT2D eigenvalue weighted by Gasteiger charge is -2.01. The Balaban J connectivity index is 2.48. The van der Waals surface area contributed by atoms with Crippen LogP contribution in [0.4, 0.5) is 0 Å². The third-order valence-electron chi connectivity index (χ3n) is 2.05. The van der Waals surface area contributed by atoms with Gasteiger partial charge < -0.3 is 0 Å². The van der Waals surface area contributed by atoms with Gasteiger partial charge in [-0.15, -0.1) is 11.3 Å². The number of nitrogens with one attached hydrogen (secondary N) is 1. The Morgan fingerprint density at radius 2 is 2.40 bits per heavy atom. The molecule has 15 heavy (non-hydrogen) atoms. The largest absolute Gasteiger partial charge is 0.299 e. The summed E-state index contributed by atoms with van der Waals surface area (Å²) in [6, 6.07) is 0. The topological polar surface area (TPSA) is 46.5 Å². The van der Waals surface area contributed by atoms with Crippen LogP contribution in [-0.2, 0) is 6.54 Å². The molecule has 0 amide bonds. The average Bonchev–Trinajstić information content (AvgIpc) is 2.76. The van der Waals surface area contributed by atoms with Crippen molar-refractivity contribution < 1.29 is 0 Å². The predicted molar refractivity (Wildman–Crippen MR) is 63.5 cm³/mol. The highest BCUT2D eigenvalue weighted by Crippen LogP contribution is 2.24. The third-order valence-corrected chi connectivity index (χ3v) is 3.27. The van der Waals surface area contributed by atoms with Gasteiger partial charge in [0.25, 0.3) is 0 Å². The van der Waals surface area contributed by atoms with Gasteiger partial charge in [0.05, 0.1) is 9.88 Å². The van der Waals surface area contributed by atoms with E-state index in [4.69, 9.17) is 12.2 Å². The van der Waals surface area contributed by atoms with Crippen molar-refractivity contribution in [2.24, 2.45) is 0 Å². The first-order valence-corrected chi connectivity index (χ1v) is 6.03. The smallest absolute Gasteiger partial charge is 0.195 e. The molecule has 0 fully saturated rings. The molecule has 0 aliphatic heterocycles. The molecule has 0 spiro atoms. The number of nitrogens with zero attached hydrogens (tertiary/aromatic N) is 3. The van der Waals surface area contributed by atoms with Crippen LogP contribution >= 0.6 is 23.6 Å². The van der Waals surface area contributed by atoms with Crippen molar-refractivity contribution >= 4 is 23.6 Å². The minimum absolute atomic E-state index is 0.679. The Morgan fingerprint density at radius 1 is 1.60 bits per heavy atom. The van der Waals surface area contributed by atoms with E-state index in [-0.39, 0.29) is 0 Å². The van der Waals surface area contributed by atoms with Gasteiger partial charge in [0.2, 0.25) is 0 Å². The van der Waals surface area contributed by atoms with Gasteiger partial charge in [-0.2, -0.15) is 5.10 Å². The molecular weight excluding hydrogens is 228 g/mol. The molecule has 0 atom stereocenters. The molecule has 1 N–H and O–H groups in total. The number of H-pyrrole nitrogens is 1. The summed E-state index contributed by atoms with van der Waals surface area (Å²) in [5, 5.41) is 8.10. The van der Waals surface area contributed by atoms with E-state index in [1.54, 1.807) is 11.3 Å². The zero-order valence-electron chi connectivity index (χ0n) is 8.65. The molecule has 0 aliphatic rings. The van der Waals surface area contributed by atoms with Crippen molar-refractivity contribution in [3.63, 3.8) is 0 Å². The fourth-order valence-electron chi connectivity index (χ4n) is 1.40. The number of aromatic amines is 1. The molecule has 2 aromatic rings. The highest BCUT2D eigenvalue weighted by molar-refractivity contribution is 7.71.